The predicted molar refractivity (Wildman–Crippen MR) is 53.8 cm³/mol. The quantitative estimate of drug-likeness (QED) is 0.359. The number of fused-ring (bicyclic) bond motifs is 1. The molecule has 0 amide bonds. The fourth-order valence-electron chi connectivity index (χ4n) is 1.09. The zero-order chi connectivity index (χ0) is 10.7. The highest BCUT2D eigenvalue weighted by Gasteiger charge is 2.09. The summed E-state index contributed by atoms with van der Waals surface area (Å²) in [7, 11) is 0. The SMILES string of the molecule is C#CCOc1nc(NN)nc2[nH]ncc12. The lowest BCUT2D eigenvalue weighted by Crippen LogP contribution is -2.11. The Hall–Kier alpha value is -2.33. The highest BCUT2D eigenvalue weighted by Crippen LogP contribution is 2.21. The fraction of sp³-hybridized carbons (Fsp3) is 0.125. The Morgan fingerprint density at radius 3 is 3.20 bits per heavy atom. The van der Waals surface area contributed by atoms with Crippen LogP contribution in [0.2, 0.25) is 0 Å². The molecule has 15 heavy (non-hydrogen) atoms. The van der Waals surface area contributed by atoms with E-state index in [2.05, 4.69) is 31.5 Å². The van der Waals surface area contributed by atoms with Gasteiger partial charge >= 0.3 is 0 Å². The van der Waals surface area contributed by atoms with Crippen LogP contribution in [-0.4, -0.2) is 26.8 Å². The minimum Gasteiger partial charge on any atom is -0.464 e. The number of nitrogens with two attached hydrogens (primary N) is 1. The molecule has 2 aromatic heterocycles. The van der Waals surface area contributed by atoms with Gasteiger partial charge in [0.05, 0.1) is 6.20 Å². The van der Waals surface area contributed by atoms with E-state index in [1.165, 1.54) is 0 Å². The minimum absolute atomic E-state index is 0.126. The third kappa shape index (κ3) is 1.66. The lowest BCUT2D eigenvalue weighted by atomic mass is 10.4. The van der Waals surface area contributed by atoms with Gasteiger partial charge in [-0.25, -0.2) is 5.84 Å². The first-order valence-electron chi connectivity index (χ1n) is 4.09. The van der Waals surface area contributed by atoms with Gasteiger partial charge in [-0.1, -0.05) is 5.92 Å². The zero-order valence-electron chi connectivity index (χ0n) is 7.69. The van der Waals surface area contributed by atoms with Gasteiger partial charge in [-0.3, -0.25) is 10.5 Å². The molecule has 4 N–H and O–H groups in total. The highest BCUT2D eigenvalue weighted by atomic mass is 16.5. The molecule has 76 valence electrons. The Labute approximate surface area is 85.0 Å². The number of nitrogens with zero attached hydrogens (tertiary/aromatic N) is 3. The van der Waals surface area contributed by atoms with Gasteiger partial charge in [0.2, 0.25) is 11.8 Å². The first-order valence-corrected chi connectivity index (χ1v) is 4.09. The van der Waals surface area contributed by atoms with E-state index in [0.29, 0.717) is 16.9 Å². The van der Waals surface area contributed by atoms with Crippen molar-refractivity contribution < 1.29 is 4.74 Å². The van der Waals surface area contributed by atoms with E-state index in [1.807, 2.05) is 0 Å². The first kappa shape index (κ1) is 9.23. The van der Waals surface area contributed by atoms with Crippen LogP contribution in [-0.2, 0) is 0 Å². The van der Waals surface area contributed by atoms with Crippen LogP contribution < -0.4 is 16.0 Å². The van der Waals surface area contributed by atoms with Crippen LogP contribution in [0.4, 0.5) is 5.95 Å². The number of nitrogens with one attached hydrogen (secondary N) is 2. The minimum atomic E-state index is 0.126. The topological polar surface area (TPSA) is 102 Å². The lowest BCUT2D eigenvalue weighted by Gasteiger charge is -2.04. The lowest BCUT2D eigenvalue weighted by molar-refractivity contribution is 0.360. The second kappa shape index (κ2) is 3.81. The van der Waals surface area contributed by atoms with E-state index < -0.39 is 0 Å². The van der Waals surface area contributed by atoms with Crippen LogP contribution in [0.15, 0.2) is 6.20 Å². The molecular weight excluding hydrogens is 196 g/mol. The Balaban J connectivity index is 2.49. The number of H-pyrrole nitrogens is 1. The number of aromatic nitrogens is 4. The predicted octanol–water partition coefficient (Wildman–Crippen LogP) is -0.350. The molecule has 0 unspecified atom stereocenters. The molecule has 0 aliphatic rings. The van der Waals surface area contributed by atoms with Crippen LogP contribution in [0.3, 0.4) is 0 Å². The number of aromatic amines is 1. The second-order valence-corrected chi connectivity index (χ2v) is 2.62. The van der Waals surface area contributed by atoms with Gasteiger partial charge in [-0.15, -0.1) is 6.42 Å². The maximum atomic E-state index is 5.23. The molecule has 0 fully saturated rings. The van der Waals surface area contributed by atoms with E-state index >= 15 is 0 Å². The Kier molecular flexibility index (Phi) is 2.35. The van der Waals surface area contributed by atoms with Crippen molar-refractivity contribution in [3.8, 4) is 18.2 Å². The molecule has 0 radical (unpaired) electrons. The number of nitrogen functional groups attached to an aromatic ring is 1. The van der Waals surface area contributed by atoms with Gasteiger partial charge < -0.3 is 4.74 Å². The summed E-state index contributed by atoms with van der Waals surface area (Å²) in [6.07, 6.45) is 6.64. The van der Waals surface area contributed by atoms with Crippen molar-refractivity contribution >= 4 is 17.0 Å². The Morgan fingerprint density at radius 2 is 2.47 bits per heavy atom. The van der Waals surface area contributed by atoms with Crippen molar-refractivity contribution in [1.82, 2.24) is 20.2 Å². The molecule has 0 aliphatic carbocycles. The van der Waals surface area contributed by atoms with Gasteiger partial charge in [-0.05, 0) is 0 Å². The molecular formula is C8H8N6O. The van der Waals surface area contributed by atoms with Crippen LogP contribution >= 0.6 is 0 Å². The number of ether oxygens (including phenoxy) is 1. The molecule has 7 heteroatoms. The molecule has 2 rings (SSSR count). The highest BCUT2D eigenvalue weighted by molar-refractivity contribution is 5.80. The maximum absolute atomic E-state index is 5.23. The average Bonchev–Trinajstić information content (AvgIpc) is 2.73. The molecule has 2 heterocycles. The van der Waals surface area contributed by atoms with Crippen molar-refractivity contribution in [3.63, 3.8) is 0 Å². The van der Waals surface area contributed by atoms with Gasteiger partial charge in [0.25, 0.3) is 0 Å². The van der Waals surface area contributed by atoms with Gasteiger partial charge in [0.1, 0.15) is 5.39 Å². The van der Waals surface area contributed by atoms with Gasteiger partial charge in [0, 0.05) is 0 Å². The Morgan fingerprint density at radius 1 is 1.60 bits per heavy atom. The van der Waals surface area contributed by atoms with Crippen LogP contribution in [0, 0.1) is 12.3 Å². The second-order valence-electron chi connectivity index (χ2n) is 2.62. The average molecular weight is 204 g/mol. The summed E-state index contributed by atoms with van der Waals surface area (Å²) in [6, 6.07) is 0. The summed E-state index contributed by atoms with van der Waals surface area (Å²) in [6.45, 7) is 0.126. The van der Waals surface area contributed by atoms with E-state index in [-0.39, 0.29) is 12.6 Å². The van der Waals surface area contributed by atoms with Crippen molar-refractivity contribution in [2.45, 2.75) is 0 Å². The third-order valence-corrected chi connectivity index (χ3v) is 1.70. The summed E-state index contributed by atoms with van der Waals surface area (Å²) in [5, 5.41) is 7.16. The summed E-state index contributed by atoms with van der Waals surface area (Å²) in [4.78, 5) is 8.03. The number of hydrogen-bond acceptors (Lipinski definition) is 6. The zero-order valence-corrected chi connectivity index (χ0v) is 7.69. The summed E-state index contributed by atoms with van der Waals surface area (Å²) in [5.41, 5.74) is 2.86. The normalized spacial score (nSPS) is 9.87. The maximum Gasteiger partial charge on any atom is 0.242 e. The summed E-state index contributed by atoms with van der Waals surface area (Å²) >= 11 is 0. The monoisotopic (exact) mass is 204 g/mol. The number of terminal acetylenes is 1. The number of rotatable bonds is 3. The third-order valence-electron chi connectivity index (χ3n) is 1.70. The van der Waals surface area contributed by atoms with Crippen molar-refractivity contribution in [1.29, 1.82) is 0 Å². The molecule has 2 aromatic rings. The molecule has 0 bridgehead atoms. The smallest absolute Gasteiger partial charge is 0.242 e. The van der Waals surface area contributed by atoms with Crippen molar-refractivity contribution in [3.05, 3.63) is 6.20 Å². The molecule has 0 spiro atoms. The van der Waals surface area contributed by atoms with Crippen LogP contribution in [0.5, 0.6) is 5.88 Å². The molecule has 0 saturated heterocycles. The van der Waals surface area contributed by atoms with E-state index in [1.54, 1.807) is 6.20 Å². The van der Waals surface area contributed by atoms with Crippen LogP contribution in [0.25, 0.3) is 11.0 Å². The summed E-state index contributed by atoms with van der Waals surface area (Å²) in [5.74, 6) is 8.13. The molecule has 0 saturated carbocycles. The summed E-state index contributed by atoms with van der Waals surface area (Å²) < 4.78 is 5.23. The number of hydrogen-bond donors (Lipinski definition) is 3. The van der Waals surface area contributed by atoms with Crippen LogP contribution in [0.1, 0.15) is 0 Å². The van der Waals surface area contributed by atoms with E-state index in [4.69, 9.17) is 17.0 Å². The van der Waals surface area contributed by atoms with E-state index in [9.17, 15) is 0 Å². The molecule has 0 aromatic carbocycles. The molecule has 7 nitrogen and oxygen atoms in total. The van der Waals surface area contributed by atoms with Gasteiger partial charge in [0.15, 0.2) is 12.3 Å². The largest absolute Gasteiger partial charge is 0.464 e. The number of anilines is 1. The molecule has 0 aliphatic heterocycles. The Bertz CT molecular complexity index is 513. The standard InChI is InChI=1S/C8H8N6O/c1-2-3-15-7-5-4-10-14-6(5)11-8(12-7)13-9/h1,4H,3,9H2,(H2,10,11,12,13,14). The first-order chi connectivity index (χ1) is 7.35. The van der Waals surface area contributed by atoms with E-state index in [0.717, 1.165) is 0 Å². The van der Waals surface area contributed by atoms with Crippen molar-refractivity contribution in [2.24, 2.45) is 5.84 Å². The fourth-order valence-corrected chi connectivity index (χ4v) is 1.09. The van der Waals surface area contributed by atoms with Gasteiger partial charge in [-0.2, -0.15) is 15.1 Å². The number of hydrazine groups is 1. The van der Waals surface area contributed by atoms with Crippen molar-refractivity contribution in [2.75, 3.05) is 12.0 Å². The molecule has 0 atom stereocenters.